The van der Waals surface area contributed by atoms with Crippen LogP contribution in [0.15, 0.2) is 93.7 Å². The number of allylic oxidation sites excluding steroid dienone is 1. The van der Waals surface area contributed by atoms with Crippen molar-refractivity contribution >= 4 is 32.9 Å². The molecule has 3 aromatic carbocycles. The largest absolute Gasteiger partial charge is 0.490 e. The highest BCUT2D eigenvalue weighted by Crippen LogP contribution is 2.43. The summed E-state index contributed by atoms with van der Waals surface area (Å²) in [4.78, 5) is 12.9. The van der Waals surface area contributed by atoms with E-state index in [0.717, 1.165) is 21.0 Å². The third-order valence-corrected chi connectivity index (χ3v) is 6.56. The Morgan fingerprint density at radius 3 is 2.65 bits per heavy atom. The fraction of sp³-hybridized carbons (Fsp3) is 0.103. The van der Waals surface area contributed by atoms with Crippen LogP contribution in [0.1, 0.15) is 33.2 Å². The second-order valence-electron chi connectivity index (χ2n) is 8.38. The summed E-state index contributed by atoms with van der Waals surface area (Å²) >= 11 is 3.41. The van der Waals surface area contributed by atoms with Gasteiger partial charge in [-0.2, -0.15) is 5.26 Å². The quantitative estimate of drug-likeness (QED) is 0.164. The second kappa shape index (κ2) is 9.88. The Balaban J connectivity index is 1.45. The predicted octanol–water partition coefficient (Wildman–Crippen LogP) is 6.51. The molecule has 37 heavy (non-hydrogen) atoms. The molecule has 1 unspecified atom stereocenters. The first-order chi connectivity index (χ1) is 17.9. The van der Waals surface area contributed by atoms with Crippen LogP contribution in [0.4, 0.5) is 0 Å². The number of esters is 1. The highest BCUT2D eigenvalue weighted by Gasteiger charge is 2.31. The smallest absolute Gasteiger partial charge is 0.379 e. The molecule has 4 aromatic rings. The van der Waals surface area contributed by atoms with Gasteiger partial charge < -0.3 is 24.4 Å². The number of benzene rings is 3. The summed E-state index contributed by atoms with van der Waals surface area (Å²) in [5, 5.41) is 10.6. The van der Waals surface area contributed by atoms with E-state index in [9.17, 15) is 10.1 Å². The number of nitriles is 1. The van der Waals surface area contributed by atoms with E-state index in [0.29, 0.717) is 34.8 Å². The monoisotopic (exact) mass is 556 g/mol. The molecule has 0 amide bonds. The van der Waals surface area contributed by atoms with Crippen molar-refractivity contribution in [1.29, 1.82) is 5.26 Å². The van der Waals surface area contributed by atoms with Gasteiger partial charge in [-0.1, -0.05) is 46.8 Å². The van der Waals surface area contributed by atoms with Crippen LogP contribution in [0.3, 0.4) is 0 Å². The molecule has 5 rings (SSSR count). The number of nitrogens with two attached hydrogens (primary N) is 1. The zero-order valence-electron chi connectivity index (χ0n) is 19.8. The molecule has 8 heteroatoms. The van der Waals surface area contributed by atoms with Gasteiger partial charge in [0.15, 0.2) is 0 Å². The molecule has 1 aliphatic rings. The molecule has 1 aromatic heterocycles. The molecule has 0 radical (unpaired) electrons. The van der Waals surface area contributed by atoms with Crippen LogP contribution >= 0.6 is 15.9 Å². The second-order valence-corrected chi connectivity index (χ2v) is 9.30. The molecule has 0 fully saturated rings. The molecule has 0 bridgehead atoms. The summed E-state index contributed by atoms with van der Waals surface area (Å²) in [6, 6.07) is 20.1. The Kier molecular flexibility index (Phi) is 6.47. The topological polar surface area (TPSA) is 108 Å². The van der Waals surface area contributed by atoms with Gasteiger partial charge in [0.25, 0.3) is 0 Å². The van der Waals surface area contributed by atoms with Gasteiger partial charge in [-0.15, -0.1) is 0 Å². The van der Waals surface area contributed by atoms with Crippen molar-refractivity contribution < 1.29 is 23.4 Å². The van der Waals surface area contributed by atoms with E-state index in [1.807, 2.05) is 36.4 Å². The number of carbonyl (C=O) groups excluding carboxylic acids is 1. The highest BCUT2D eigenvalue weighted by molar-refractivity contribution is 9.10. The molecular weight excluding hydrogens is 536 g/mol. The van der Waals surface area contributed by atoms with E-state index in [1.165, 1.54) is 0 Å². The van der Waals surface area contributed by atoms with Crippen LogP contribution in [0, 0.1) is 18.3 Å². The predicted molar refractivity (Wildman–Crippen MR) is 141 cm³/mol. The van der Waals surface area contributed by atoms with E-state index in [4.69, 9.17) is 24.4 Å². The summed E-state index contributed by atoms with van der Waals surface area (Å²) in [6.07, 6.45) is 1.67. The van der Waals surface area contributed by atoms with Crippen molar-refractivity contribution in [2.45, 2.75) is 12.8 Å². The van der Waals surface area contributed by atoms with Crippen LogP contribution in [0.2, 0.25) is 0 Å². The van der Waals surface area contributed by atoms with Gasteiger partial charge in [0.2, 0.25) is 11.6 Å². The third kappa shape index (κ3) is 4.57. The summed E-state index contributed by atoms with van der Waals surface area (Å²) in [5.41, 5.74) is 9.23. The van der Waals surface area contributed by atoms with Gasteiger partial charge in [-0.05, 0) is 48.9 Å². The molecule has 2 heterocycles. The minimum Gasteiger partial charge on any atom is -0.490 e. The average Bonchev–Trinajstić information content (AvgIpc) is 3.22. The first kappa shape index (κ1) is 24.2. The van der Waals surface area contributed by atoms with Crippen molar-refractivity contribution in [1.82, 2.24) is 0 Å². The van der Waals surface area contributed by atoms with E-state index in [1.54, 1.807) is 37.3 Å². The van der Waals surface area contributed by atoms with Gasteiger partial charge in [-0.3, -0.25) is 0 Å². The van der Waals surface area contributed by atoms with Crippen molar-refractivity contribution in [3.05, 3.63) is 112 Å². The Bertz CT molecular complexity index is 1610. The number of fused-ring (bicyclic) bond motifs is 2. The molecule has 0 saturated heterocycles. The minimum atomic E-state index is -0.631. The van der Waals surface area contributed by atoms with E-state index in [2.05, 4.69) is 28.6 Å². The number of ether oxygens (including phenoxy) is 3. The SMILES string of the molecule is C=CCOc1ccc(C2C(C#N)=C(N)Oc3cc(OC(=O)c4oc5cc(Br)ccc5c4C)ccc32)cc1. The van der Waals surface area contributed by atoms with Crippen LogP contribution in [-0.2, 0) is 0 Å². The van der Waals surface area contributed by atoms with Crippen molar-refractivity contribution in [3.8, 4) is 23.3 Å². The van der Waals surface area contributed by atoms with Crippen molar-refractivity contribution in [3.63, 3.8) is 0 Å². The lowest BCUT2D eigenvalue weighted by molar-refractivity contribution is 0.0702. The Morgan fingerprint density at radius 2 is 1.92 bits per heavy atom. The fourth-order valence-electron chi connectivity index (χ4n) is 4.30. The summed E-state index contributed by atoms with van der Waals surface area (Å²) in [7, 11) is 0. The third-order valence-electron chi connectivity index (χ3n) is 6.07. The number of hydrogen-bond acceptors (Lipinski definition) is 7. The maximum atomic E-state index is 12.9. The van der Waals surface area contributed by atoms with Gasteiger partial charge >= 0.3 is 5.97 Å². The minimum absolute atomic E-state index is 0.00540. The number of aryl methyl sites for hydroxylation is 1. The van der Waals surface area contributed by atoms with E-state index in [-0.39, 0.29) is 17.4 Å². The molecule has 2 N–H and O–H groups in total. The fourth-order valence-corrected chi connectivity index (χ4v) is 4.64. The standard InChI is InChI=1S/C29H21BrN2O5/c1-3-12-34-19-7-4-17(5-8-19)26-22-11-9-20(14-25(22)37-28(32)23(26)15-31)35-29(33)27-16(2)21-10-6-18(30)13-24(21)36-27/h3-11,13-14,26H,1,12,32H2,2H3. The number of furan rings is 1. The van der Waals surface area contributed by atoms with Gasteiger partial charge in [0.1, 0.15) is 41.1 Å². The van der Waals surface area contributed by atoms with Gasteiger partial charge in [-0.25, -0.2) is 4.79 Å². The Labute approximate surface area is 221 Å². The first-order valence-corrected chi connectivity index (χ1v) is 12.1. The normalized spacial score (nSPS) is 14.5. The summed E-state index contributed by atoms with van der Waals surface area (Å²) in [6.45, 7) is 5.84. The molecule has 0 spiro atoms. The molecule has 0 saturated carbocycles. The van der Waals surface area contributed by atoms with Crippen LogP contribution in [-0.4, -0.2) is 12.6 Å². The Hall–Kier alpha value is -4.48. The summed E-state index contributed by atoms with van der Waals surface area (Å²) in [5.74, 6) is 0.357. The van der Waals surface area contributed by atoms with Gasteiger partial charge in [0.05, 0.1) is 5.92 Å². The average molecular weight is 557 g/mol. The zero-order chi connectivity index (χ0) is 26.1. The number of nitrogens with zero attached hydrogens (tertiary/aromatic N) is 1. The van der Waals surface area contributed by atoms with Crippen LogP contribution in [0.25, 0.3) is 11.0 Å². The van der Waals surface area contributed by atoms with E-state index >= 15 is 0 Å². The lowest BCUT2D eigenvalue weighted by Gasteiger charge is -2.26. The molecule has 1 aliphatic heterocycles. The maximum absolute atomic E-state index is 12.9. The first-order valence-electron chi connectivity index (χ1n) is 11.4. The van der Waals surface area contributed by atoms with Crippen molar-refractivity contribution in [2.24, 2.45) is 5.73 Å². The molecule has 184 valence electrons. The lowest BCUT2D eigenvalue weighted by atomic mass is 9.83. The Morgan fingerprint density at radius 1 is 1.16 bits per heavy atom. The molecule has 1 atom stereocenters. The summed E-state index contributed by atoms with van der Waals surface area (Å²) < 4.78 is 23.5. The zero-order valence-corrected chi connectivity index (χ0v) is 21.4. The number of rotatable bonds is 6. The number of carbonyl (C=O) groups is 1. The highest BCUT2D eigenvalue weighted by atomic mass is 79.9. The van der Waals surface area contributed by atoms with Crippen LogP contribution in [0.5, 0.6) is 17.2 Å². The number of halogens is 1. The van der Waals surface area contributed by atoms with Crippen LogP contribution < -0.4 is 19.9 Å². The van der Waals surface area contributed by atoms with E-state index < -0.39 is 11.9 Å². The van der Waals surface area contributed by atoms with Crippen molar-refractivity contribution in [2.75, 3.05) is 6.61 Å². The molecular formula is C29H21BrN2O5. The lowest BCUT2D eigenvalue weighted by Crippen LogP contribution is -2.21. The number of hydrogen-bond donors (Lipinski definition) is 1. The maximum Gasteiger partial charge on any atom is 0.379 e. The molecule has 0 aliphatic carbocycles. The van der Waals surface area contributed by atoms with Gasteiger partial charge in [0, 0.05) is 27.1 Å². The molecule has 7 nitrogen and oxygen atoms in total.